The lowest BCUT2D eigenvalue weighted by molar-refractivity contribution is 0.0706. The number of aryl methyl sites for hydroxylation is 2. The van der Waals surface area contributed by atoms with Gasteiger partial charge in [0.25, 0.3) is 0 Å². The van der Waals surface area contributed by atoms with Gasteiger partial charge < -0.3 is 19.3 Å². The summed E-state index contributed by atoms with van der Waals surface area (Å²) in [4.78, 5) is 17.1. The van der Waals surface area contributed by atoms with Crippen molar-refractivity contribution in [1.82, 2.24) is 38.9 Å². The Morgan fingerprint density at radius 1 is 0.652 bits per heavy atom. The number of aliphatic hydroxyl groups is 2. The van der Waals surface area contributed by atoms with Crippen LogP contribution in [0.5, 0.6) is 0 Å². The average molecular weight is 611 g/mol. The third-order valence-corrected chi connectivity index (χ3v) is 10.7. The average Bonchev–Trinajstić information content (AvgIpc) is 3.91. The summed E-state index contributed by atoms with van der Waals surface area (Å²) in [6, 6.07) is 17.2. The van der Waals surface area contributed by atoms with Crippen LogP contribution in [0.1, 0.15) is 70.8 Å². The fourth-order valence-electron chi connectivity index (χ4n) is 8.52. The number of imidazole rings is 2. The highest BCUT2D eigenvalue weighted by atomic mass is 16.3. The van der Waals surface area contributed by atoms with Gasteiger partial charge in [0, 0.05) is 58.7 Å². The molecule has 2 aliphatic carbocycles. The third kappa shape index (κ3) is 3.99. The van der Waals surface area contributed by atoms with E-state index in [2.05, 4.69) is 82.7 Å². The maximum absolute atomic E-state index is 11.0. The summed E-state index contributed by atoms with van der Waals surface area (Å²) in [6.45, 7) is 0. The minimum absolute atomic E-state index is 0.102. The Morgan fingerprint density at radius 2 is 1.24 bits per heavy atom. The number of hydrogen-bond donors (Lipinski definition) is 2. The van der Waals surface area contributed by atoms with E-state index in [1.165, 1.54) is 22.3 Å². The Hall–Kier alpha value is -4.93. The van der Waals surface area contributed by atoms with Crippen LogP contribution in [0.3, 0.4) is 0 Å². The van der Waals surface area contributed by atoms with Crippen LogP contribution in [0.4, 0.5) is 0 Å². The smallest absolute Gasteiger partial charge is 0.115 e. The summed E-state index contributed by atoms with van der Waals surface area (Å²) in [5.74, 6) is 0.244. The van der Waals surface area contributed by atoms with Crippen LogP contribution < -0.4 is 0 Å². The van der Waals surface area contributed by atoms with E-state index in [-0.39, 0.29) is 23.9 Å². The summed E-state index contributed by atoms with van der Waals surface area (Å²) >= 11 is 0. The minimum atomic E-state index is -0.550. The van der Waals surface area contributed by atoms with Crippen molar-refractivity contribution in [3.63, 3.8) is 0 Å². The van der Waals surface area contributed by atoms with Gasteiger partial charge in [-0.1, -0.05) is 48.5 Å². The Labute approximate surface area is 266 Å². The molecule has 4 aromatic heterocycles. The van der Waals surface area contributed by atoms with Gasteiger partial charge >= 0.3 is 0 Å². The Kier molecular flexibility index (Phi) is 6.29. The summed E-state index contributed by atoms with van der Waals surface area (Å²) in [5, 5.41) is 26.3. The molecule has 0 radical (unpaired) electrons. The van der Waals surface area contributed by atoms with Crippen LogP contribution in [-0.2, 0) is 19.9 Å². The molecule has 0 fully saturated rings. The van der Waals surface area contributed by atoms with Crippen molar-refractivity contribution in [1.29, 1.82) is 0 Å². The molecule has 6 heterocycles. The van der Waals surface area contributed by atoms with Gasteiger partial charge in [-0.2, -0.15) is 5.10 Å². The zero-order chi connectivity index (χ0) is 30.9. The second-order valence-electron chi connectivity index (χ2n) is 12.8. The van der Waals surface area contributed by atoms with Gasteiger partial charge in [0.05, 0.1) is 66.9 Å². The lowest BCUT2D eigenvalue weighted by Gasteiger charge is -2.34. The van der Waals surface area contributed by atoms with E-state index in [0.29, 0.717) is 0 Å². The molecule has 10 nitrogen and oxygen atoms in total. The molecule has 10 heteroatoms. The molecule has 46 heavy (non-hydrogen) atoms. The van der Waals surface area contributed by atoms with E-state index in [1.807, 2.05) is 43.0 Å². The molecule has 0 saturated carbocycles. The summed E-state index contributed by atoms with van der Waals surface area (Å²) in [6.07, 6.45) is 15.4. The van der Waals surface area contributed by atoms with Crippen molar-refractivity contribution < 1.29 is 10.2 Å². The number of aliphatic hydroxyl groups excluding tert-OH is 2. The topological polar surface area (TPSA) is 120 Å². The lowest BCUT2D eigenvalue weighted by atomic mass is 9.78. The van der Waals surface area contributed by atoms with Crippen molar-refractivity contribution in [2.24, 2.45) is 18.9 Å². The zero-order valence-electron chi connectivity index (χ0n) is 25.4. The SMILES string of the molecule is Cn1ncc2c1CCC(C1c3ccccc3-c3cncn31)C2O.OC1c2cncnc2CCC1C1c2ccccc2-c2cncn21. The molecule has 2 aliphatic heterocycles. The van der Waals surface area contributed by atoms with E-state index in [4.69, 9.17) is 0 Å². The summed E-state index contributed by atoms with van der Waals surface area (Å²) < 4.78 is 6.31. The molecule has 230 valence electrons. The van der Waals surface area contributed by atoms with E-state index >= 15 is 0 Å². The van der Waals surface area contributed by atoms with E-state index in [1.54, 1.807) is 12.5 Å². The van der Waals surface area contributed by atoms with E-state index in [9.17, 15) is 10.2 Å². The molecule has 6 atom stereocenters. The number of fused-ring (bicyclic) bond motifs is 8. The maximum Gasteiger partial charge on any atom is 0.115 e. The van der Waals surface area contributed by atoms with Gasteiger partial charge in [0.2, 0.25) is 0 Å². The second-order valence-corrected chi connectivity index (χ2v) is 12.8. The van der Waals surface area contributed by atoms with Crippen molar-refractivity contribution in [3.05, 3.63) is 126 Å². The number of benzene rings is 2. The molecule has 2 aromatic carbocycles. The first kappa shape index (κ1) is 27.4. The van der Waals surface area contributed by atoms with E-state index in [0.717, 1.165) is 59.6 Å². The predicted molar refractivity (Wildman–Crippen MR) is 170 cm³/mol. The quantitative estimate of drug-likeness (QED) is 0.283. The highest BCUT2D eigenvalue weighted by Crippen LogP contribution is 2.51. The van der Waals surface area contributed by atoms with Gasteiger partial charge in [-0.3, -0.25) is 4.68 Å². The number of nitrogens with zero attached hydrogens (tertiary/aromatic N) is 8. The molecule has 0 spiro atoms. The fraction of sp³-hybridized carbons (Fsp3) is 0.306. The van der Waals surface area contributed by atoms with Crippen molar-refractivity contribution in [2.45, 2.75) is 50.0 Å². The Morgan fingerprint density at radius 3 is 1.89 bits per heavy atom. The number of rotatable bonds is 2. The molecule has 10 rings (SSSR count). The molecule has 2 N–H and O–H groups in total. The number of hydrogen-bond acceptors (Lipinski definition) is 7. The largest absolute Gasteiger partial charge is 0.388 e. The van der Waals surface area contributed by atoms with Crippen LogP contribution >= 0.6 is 0 Å². The van der Waals surface area contributed by atoms with Crippen molar-refractivity contribution in [3.8, 4) is 22.5 Å². The van der Waals surface area contributed by atoms with E-state index < -0.39 is 12.2 Å². The van der Waals surface area contributed by atoms with Crippen LogP contribution in [0.2, 0.25) is 0 Å². The standard InChI is InChI=1S/C18H18N4O.C18H16N4O/c1-21-15-7-6-13(18(23)14(15)8-20-21)17-12-5-3-2-4-11(12)16-9-19-10-22(16)17;23-18-13(5-6-15-14(18)7-19-9-21-15)17-12-4-2-1-3-11(12)16-8-20-10-22(16)17/h2-5,8-10,13,17-18,23H,6-7H2,1H3;1-4,7-10,13,17-18,23H,5-6H2. The highest BCUT2D eigenvalue weighted by Gasteiger charge is 2.42. The molecule has 0 amide bonds. The lowest BCUT2D eigenvalue weighted by Crippen LogP contribution is -2.29. The molecule has 6 aromatic rings. The van der Waals surface area contributed by atoms with Crippen LogP contribution in [0, 0.1) is 11.8 Å². The van der Waals surface area contributed by atoms with Crippen LogP contribution in [0.25, 0.3) is 22.5 Å². The molecular formula is C36H34N8O2. The van der Waals surface area contributed by atoms with Crippen molar-refractivity contribution >= 4 is 0 Å². The predicted octanol–water partition coefficient (Wildman–Crippen LogP) is 5.02. The van der Waals surface area contributed by atoms with Gasteiger partial charge in [-0.25, -0.2) is 19.9 Å². The number of aromatic nitrogens is 8. The second kappa shape index (κ2) is 10.6. The van der Waals surface area contributed by atoms with Gasteiger partial charge in [-0.05, 0) is 36.8 Å². The molecule has 6 unspecified atom stereocenters. The van der Waals surface area contributed by atoms with Crippen LogP contribution in [-0.4, -0.2) is 49.1 Å². The first-order valence-electron chi connectivity index (χ1n) is 16.0. The third-order valence-electron chi connectivity index (χ3n) is 10.7. The van der Waals surface area contributed by atoms with Gasteiger partial charge in [-0.15, -0.1) is 0 Å². The van der Waals surface area contributed by atoms with Crippen LogP contribution in [0.15, 0.2) is 92.3 Å². The fourth-order valence-corrected chi connectivity index (χ4v) is 8.52. The zero-order valence-corrected chi connectivity index (χ0v) is 25.4. The first-order chi connectivity index (χ1) is 22.6. The van der Waals surface area contributed by atoms with Crippen molar-refractivity contribution in [2.75, 3.05) is 0 Å². The molecule has 0 saturated heterocycles. The first-order valence-corrected chi connectivity index (χ1v) is 16.0. The Balaban J connectivity index is 0.000000127. The minimum Gasteiger partial charge on any atom is -0.388 e. The van der Waals surface area contributed by atoms with Gasteiger partial charge in [0.15, 0.2) is 0 Å². The normalized spacial score (nSPS) is 24.9. The van der Waals surface area contributed by atoms with Gasteiger partial charge in [0.1, 0.15) is 6.33 Å². The monoisotopic (exact) mass is 610 g/mol. The highest BCUT2D eigenvalue weighted by molar-refractivity contribution is 5.70. The maximum atomic E-state index is 11.0. The Bertz CT molecular complexity index is 2080. The molecule has 4 aliphatic rings. The summed E-state index contributed by atoms with van der Waals surface area (Å²) in [7, 11) is 1.95. The molecular weight excluding hydrogens is 576 g/mol. The summed E-state index contributed by atoms with van der Waals surface area (Å²) in [5.41, 5.74) is 11.3. The molecule has 0 bridgehead atoms.